The summed E-state index contributed by atoms with van der Waals surface area (Å²) in [5.41, 5.74) is 2.50. The van der Waals surface area contributed by atoms with E-state index < -0.39 is 5.97 Å². The van der Waals surface area contributed by atoms with Crippen LogP contribution in [0, 0.1) is 17.8 Å². The van der Waals surface area contributed by atoms with Crippen LogP contribution in [0.1, 0.15) is 38.5 Å². The van der Waals surface area contributed by atoms with Gasteiger partial charge in [0.05, 0.1) is 5.92 Å². The molecule has 0 aromatic carbocycles. The van der Waals surface area contributed by atoms with E-state index in [4.69, 9.17) is 0 Å². The zero-order chi connectivity index (χ0) is 11.1. The maximum absolute atomic E-state index is 11.2. The van der Waals surface area contributed by atoms with Crippen LogP contribution in [0.2, 0.25) is 0 Å². The SMILES string of the molecule is O=C(O)C1CCC(=CC2CC2)C1=CC1CC1. The molecular formula is C14H18O2. The predicted molar refractivity (Wildman–Crippen MR) is 62.0 cm³/mol. The molecule has 2 nitrogen and oxygen atoms in total. The molecule has 1 unspecified atom stereocenters. The van der Waals surface area contributed by atoms with Crippen LogP contribution in [-0.2, 0) is 4.79 Å². The van der Waals surface area contributed by atoms with Gasteiger partial charge < -0.3 is 5.11 Å². The van der Waals surface area contributed by atoms with Gasteiger partial charge in [0.25, 0.3) is 0 Å². The molecule has 0 spiro atoms. The van der Waals surface area contributed by atoms with Crippen LogP contribution in [0.3, 0.4) is 0 Å². The summed E-state index contributed by atoms with van der Waals surface area (Å²) in [6.07, 6.45) is 11.5. The van der Waals surface area contributed by atoms with Crippen molar-refractivity contribution in [2.24, 2.45) is 17.8 Å². The first kappa shape index (κ1) is 10.1. The van der Waals surface area contributed by atoms with E-state index in [1.165, 1.54) is 31.3 Å². The van der Waals surface area contributed by atoms with E-state index in [1.807, 2.05) is 0 Å². The van der Waals surface area contributed by atoms with Crippen LogP contribution < -0.4 is 0 Å². The van der Waals surface area contributed by atoms with Crippen molar-refractivity contribution in [3.63, 3.8) is 0 Å². The second-order valence-electron chi connectivity index (χ2n) is 5.42. The summed E-state index contributed by atoms with van der Waals surface area (Å²) >= 11 is 0. The molecule has 0 aromatic heterocycles. The van der Waals surface area contributed by atoms with Gasteiger partial charge >= 0.3 is 5.97 Å². The first-order chi connectivity index (χ1) is 7.74. The lowest BCUT2D eigenvalue weighted by Gasteiger charge is -2.07. The van der Waals surface area contributed by atoms with Crippen molar-refractivity contribution < 1.29 is 9.90 Å². The predicted octanol–water partition coefficient (Wildman–Crippen LogP) is 3.15. The summed E-state index contributed by atoms with van der Waals surface area (Å²) in [5.74, 6) is 0.583. The zero-order valence-electron chi connectivity index (χ0n) is 9.48. The third kappa shape index (κ3) is 2.06. The van der Waals surface area contributed by atoms with Gasteiger partial charge in [-0.15, -0.1) is 0 Å². The van der Waals surface area contributed by atoms with E-state index in [1.54, 1.807) is 0 Å². The number of hydrogen-bond donors (Lipinski definition) is 1. The minimum absolute atomic E-state index is 0.217. The van der Waals surface area contributed by atoms with Crippen molar-refractivity contribution >= 4 is 5.97 Å². The van der Waals surface area contributed by atoms with Crippen LogP contribution >= 0.6 is 0 Å². The summed E-state index contributed by atoms with van der Waals surface area (Å²) in [4.78, 5) is 11.2. The molecule has 3 rings (SSSR count). The highest BCUT2D eigenvalue weighted by Crippen LogP contribution is 2.43. The lowest BCUT2D eigenvalue weighted by Crippen LogP contribution is -2.11. The Morgan fingerprint density at radius 1 is 1.06 bits per heavy atom. The Morgan fingerprint density at radius 3 is 2.25 bits per heavy atom. The van der Waals surface area contributed by atoms with Crippen LogP contribution in [0.4, 0.5) is 0 Å². The number of allylic oxidation sites excluding steroid dienone is 3. The average Bonchev–Trinajstić information content (AvgIpc) is 3.08. The van der Waals surface area contributed by atoms with Gasteiger partial charge in [0.2, 0.25) is 0 Å². The van der Waals surface area contributed by atoms with E-state index in [0.717, 1.165) is 24.3 Å². The van der Waals surface area contributed by atoms with Crippen LogP contribution in [-0.4, -0.2) is 11.1 Å². The number of carboxylic acid groups (broad SMARTS) is 1. The molecule has 3 saturated carbocycles. The van der Waals surface area contributed by atoms with E-state index in [-0.39, 0.29) is 5.92 Å². The highest BCUT2D eigenvalue weighted by Gasteiger charge is 2.34. The lowest BCUT2D eigenvalue weighted by molar-refractivity contribution is -0.140. The molecule has 1 atom stereocenters. The first-order valence-corrected chi connectivity index (χ1v) is 6.39. The van der Waals surface area contributed by atoms with Gasteiger partial charge in [-0.1, -0.05) is 12.2 Å². The quantitative estimate of drug-likeness (QED) is 0.790. The van der Waals surface area contributed by atoms with E-state index >= 15 is 0 Å². The average molecular weight is 218 g/mol. The molecule has 0 bridgehead atoms. The van der Waals surface area contributed by atoms with Crippen molar-refractivity contribution in [3.05, 3.63) is 23.3 Å². The minimum Gasteiger partial charge on any atom is -0.481 e. The normalized spacial score (nSPS) is 34.9. The fourth-order valence-electron chi connectivity index (χ4n) is 2.55. The summed E-state index contributed by atoms with van der Waals surface area (Å²) in [6.45, 7) is 0. The molecule has 0 heterocycles. The third-order valence-corrected chi connectivity index (χ3v) is 3.84. The van der Waals surface area contributed by atoms with Gasteiger partial charge in [-0.2, -0.15) is 0 Å². The van der Waals surface area contributed by atoms with Crippen molar-refractivity contribution in [3.8, 4) is 0 Å². The third-order valence-electron chi connectivity index (χ3n) is 3.84. The Hall–Kier alpha value is -1.05. The molecule has 3 aliphatic carbocycles. The topological polar surface area (TPSA) is 37.3 Å². The fourth-order valence-corrected chi connectivity index (χ4v) is 2.55. The molecule has 86 valence electrons. The molecule has 2 heteroatoms. The second-order valence-corrected chi connectivity index (χ2v) is 5.42. The van der Waals surface area contributed by atoms with Gasteiger partial charge in [-0.25, -0.2) is 0 Å². The molecule has 0 radical (unpaired) electrons. The molecule has 16 heavy (non-hydrogen) atoms. The van der Waals surface area contributed by atoms with Crippen molar-refractivity contribution in [1.82, 2.24) is 0 Å². The van der Waals surface area contributed by atoms with Gasteiger partial charge in [0.1, 0.15) is 0 Å². The zero-order valence-corrected chi connectivity index (χ0v) is 9.48. The maximum Gasteiger partial charge on any atom is 0.310 e. The smallest absolute Gasteiger partial charge is 0.310 e. The Balaban J connectivity index is 1.85. The summed E-state index contributed by atoms with van der Waals surface area (Å²) < 4.78 is 0. The number of carbonyl (C=O) groups is 1. The van der Waals surface area contributed by atoms with Crippen molar-refractivity contribution in [2.75, 3.05) is 0 Å². The lowest BCUT2D eigenvalue weighted by atomic mass is 9.98. The Bertz CT molecular complexity index is 370. The van der Waals surface area contributed by atoms with E-state index in [0.29, 0.717) is 5.92 Å². The number of hydrogen-bond acceptors (Lipinski definition) is 1. The molecule has 0 aromatic rings. The molecule has 0 saturated heterocycles. The standard InChI is InChI=1S/C14H18O2/c15-14(16)12-6-5-11(7-9-1-2-9)13(12)8-10-3-4-10/h7-10,12H,1-6H2,(H,15,16). The molecule has 0 amide bonds. The molecule has 1 N–H and O–H groups in total. The fraction of sp³-hybridized carbons (Fsp3) is 0.643. The van der Waals surface area contributed by atoms with Gasteiger partial charge in [-0.3, -0.25) is 4.79 Å². The Morgan fingerprint density at radius 2 is 1.69 bits per heavy atom. The number of carboxylic acids is 1. The largest absolute Gasteiger partial charge is 0.481 e. The first-order valence-electron chi connectivity index (χ1n) is 6.39. The summed E-state index contributed by atoms with van der Waals surface area (Å²) in [6, 6.07) is 0. The molecular weight excluding hydrogens is 200 g/mol. The summed E-state index contributed by atoms with van der Waals surface area (Å²) in [7, 11) is 0. The van der Waals surface area contributed by atoms with E-state index in [2.05, 4.69) is 12.2 Å². The Kier molecular flexibility index (Phi) is 2.38. The number of aliphatic carboxylic acids is 1. The summed E-state index contributed by atoms with van der Waals surface area (Å²) in [5, 5.41) is 9.22. The number of rotatable bonds is 3. The van der Waals surface area contributed by atoms with Gasteiger partial charge in [0, 0.05) is 0 Å². The van der Waals surface area contributed by atoms with Crippen molar-refractivity contribution in [2.45, 2.75) is 38.5 Å². The molecule has 0 aliphatic heterocycles. The maximum atomic E-state index is 11.2. The Labute approximate surface area is 96.0 Å². The highest BCUT2D eigenvalue weighted by atomic mass is 16.4. The van der Waals surface area contributed by atoms with E-state index in [9.17, 15) is 9.90 Å². The van der Waals surface area contributed by atoms with Crippen LogP contribution in [0.25, 0.3) is 0 Å². The van der Waals surface area contributed by atoms with Crippen molar-refractivity contribution in [1.29, 1.82) is 0 Å². The molecule has 3 aliphatic rings. The van der Waals surface area contributed by atoms with Crippen LogP contribution in [0.5, 0.6) is 0 Å². The second kappa shape index (κ2) is 3.76. The van der Waals surface area contributed by atoms with Gasteiger partial charge in [0.15, 0.2) is 0 Å². The molecule has 3 fully saturated rings. The monoisotopic (exact) mass is 218 g/mol. The van der Waals surface area contributed by atoms with Gasteiger partial charge in [-0.05, 0) is 61.5 Å². The minimum atomic E-state index is -0.633. The van der Waals surface area contributed by atoms with Crippen LogP contribution in [0.15, 0.2) is 23.3 Å². The highest BCUT2D eigenvalue weighted by molar-refractivity contribution is 5.76.